The molecule has 3 atom stereocenters. The fraction of sp³-hybridized carbons (Fsp3) is 0.933. The molecule has 0 aromatic heterocycles. The van der Waals surface area contributed by atoms with Gasteiger partial charge in [0.1, 0.15) is 6.04 Å². The number of methoxy groups -OCH3 is 1. The average Bonchev–Trinajstić information content (AvgIpc) is 2.42. The maximum Gasteiger partial charge on any atom is 0.322 e. The highest BCUT2D eigenvalue weighted by Crippen LogP contribution is 2.25. The van der Waals surface area contributed by atoms with E-state index in [1.165, 1.54) is 20.0 Å². The second-order valence-corrected chi connectivity index (χ2v) is 5.58. The van der Waals surface area contributed by atoms with Gasteiger partial charge in [-0.25, -0.2) is 0 Å². The zero-order valence-corrected chi connectivity index (χ0v) is 12.6. The number of rotatable bonds is 8. The van der Waals surface area contributed by atoms with Gasteiger partial charge in [-0.05, 0) is 38.1 Å². The van der Waals surface area contributed by atoms with E-state index in [0.29, 0.717) is 19.1 Å². The molecule has 4 nitrogen and oxygen atoms in total. The van der Waals surface area contributed by atoms with Crippen molar-refractivity contribution in [2.75, 3.05) is 20.3 Å². The van der Waals surface area contributed by atoms with E-state index in [1.807, 2.05) is 0 Å². The standard InChI is InChI=1S/C15H29NO3/c1-4-9-16-14(15(17)18-3)8-10-19-13-7-5-6-12(2)11-13/h12-14,16H,4-11H2,1-3H3. The van der Waals surface area contributed by atoms with Gasteiger partial charge < -0.3 is 14.8 Å². The lowest BCUT2D eigenvalue weighted by molar-refractivity contribution is -0.143. The first-order chi connectivity index (χ1) is 9.17. The maximum atomic E-state index is 11.6. The Morgan fingerprint density at radius 1 is 1.42 bits per heavy atom. The molecule has 1 aliphatic rings. The predicted molar refractivity (Wildman–Crippen MR) is 76.1 cm³/mol. The lowest BCUT2D eigenvalue weighted by atomic mass is 9.89. The van der Waals surface area contributed by atoms with Gasteiger partial charge in [0.15, 0.2) is 0 Å². The Hall–Kier alpha value is -0.610. The lowest BCUT2D eigenvalue weighted by Crippen LogP contribution is -2.39. The van der Waals surface area contributed by atoms with E-state index < -0.39 is 0 Å². The van der Waals surface area contributed by atoms with Crippen molar-refractivity contribution in [2.45, 2.75) is 64.5 Å². The van der Waals surface area contributed by atoms with Crippen molar-refractivity contribution in [1.82, 2.24) is 5.32 Å². The van der Waals surface area contributed by atoms with Crippen molar-refractivity contribution in [3.8, 4) is 0 Å². The Labute approximate surface area is 117 Å². The number of carbonyl (C=O) groups excluding carboxylic acids is 1. The fourth-order valence-corrected chi connectivity index (χ4v) is 2.65. The number of nitrogens with one attached hydrogen (secondary N) is 1. The van der Waals surface area contributed by atoms with E-state index in [1.54, 1.807) is 0 Å². The summed E-state index contributed by atoms with van der Waals surface area (Å²) < 4.78 is 10.7. The van der Waals surface area contributed by atoms with E-state index in [4.69, 9.17) is 9.47 Å². The van der Waals surface area contributed by atoms with Crippen LogP contribution in [0.4, 0.5) is 0 Å². The molecule has 0 bridgehead atoms. The van der Waals surface area contributed by atoms with Crippen LogP contribution in [0, 0.1) is 5.92 Å². The molecule has 0 aromatic carbocycles. The fourth-order valence-electron chi connectivity index (χ4n) is 2.65. The summed E-state index contributed by atoms with van der Waals surface area (Å²) in [4.78, 5) is 11.6. The minimum absolute atomic E-state index is 0.186. The Morgan fingerprint density at radius 3 is 2.84 bits per heavy atom. The topological polar surface area (TPSA) is 47.6 Å². The van der Waals surface area contributed by atoms with Crippen LogP contribution in [-0.2, 0) is 14.3 Å². The summed E-state index contributed by atoms with van der Waals surface area (Å²) in [5.41, 5.74) is 0. The molecule has 1 saturated carbocycles. The van der Waals surface area contributed by atoms with Crippen LogP contribution in [-0.4, -0.2) is 38.4 Å². The third-order valence-corrected chi connectivity index (χ3v) is 3.77. The van der Waals surface area contributed by atoms with Gasteiger partial charge in [-0.15, -0.1) is 0 Å². The molecular formula is C15H29NO3. The molecule has 1 aliphatic carbocycles. The molecule has 1 fully saturated rings. The molecule has 0 aromatic rings. The number of ether oxygens (including phenoxy) is 2. The van der Waals surface area contributed by atoms with Gasteiger partial charge in [0.25, 0.3) is 0 Å². The summed E-state index contributed by atoms with van der Waals surface area (Å²) >= 11 is 0. The minimum Gasteiger partial charge on any atom is -0.468 e. The molecule has 0 radical (unpaired) electrons. The van der Waals surface area contributed by atoms with E-state index >= 15 is 0 Å². The van der Waals surface area contributed by atoms with Crippen LogP contribution >= 0.6 is 0 Å². The minimum atomic E-state index is -0.231. The Balaban J connectivity index is 2.24. The van der Waals surface area contributed by atoms with Crippen molar-refractivity contribution in [1.29, 1.82) is 0 Å². The first-order valence-corrected chi connectivity index (χ1v) is 7.60. The molecule has 0 heterocycles. The highest BCUT2D eigenvalue weighted by Gasteiger charge is 2.21. The number of carbonyl (C=O) groups is 1. The molecule has 0 amide bonds. The van der Waals surface area contributed by atoms with Crippen LogP contribution in [0.25, 0.3) is 0 Å². The molecule has 0 aliphatic heterocycles. The van der Waals surface area contributed by atoms with Crippen molar-refractivity contribution in [2.24, 2.45) is 5.92 Å². The predicted octanol–water partition coefficient (Wildman–Crippen LogP) is 2.51. The molecule has 112 valence electrons. The average molecular weight is 271 g/mol. The zero-order valence-electron chi connectivity index (χ0n) is 12.6. The summed E-state index contributed by atoms with van der Waals surface area (Å²) in [7, 11) is 1.44. The number of esters is 1. The SMILES string of the molecule is CCCNC(CCOC1CCCC(C)C1)C(=O)OC. The maximum absolute atomic E-state index is 11.6. The quantitative estimate of drug-likeness (QED) is 0.689. The van der Waals surface area contributed by atoms with Gasteiger partial charge >= 0.3 is 5.97 Å². The molecule has 1 N–H and O–H groups in total. The van der Waals surface area contributed by atoms with Crippen LogP contribution in [0.2, 0.25) is 0 Å². The molecule has 1 rings (SSSR count). The van der Waals surface area contributed by atoms with Crippen LogP contribution in [0.3, 0.4) is 0 Å². The van der Waals surface area contributed by atoms with Crippen LogP contribution in [0.15, 0.2) is 0 Å². The highest BCUT2D eigenvalue weighted by atomic mass is 16.5. The normalized spacial score (nSPS) is 25.0. The molecule has 19 heavy (non-hydrogen) atoms. The highest BCUT2D eigenvalue weighted by molar-refractivity contribution is 5.75. The van der Waals surface area contributed by atoms with E-state index in [9.17, 15) is 4.79 Å². The Kier molecular flexibility index (Phi) is 8.07. The van der Waals surface area contributed by atoms with Crippen molar-refractivity contribution in [3.63, 3.8) is 0 Å². The summed E-state index contributed by atoms with van der Waals surface area (Å²) in [6.45, 7) is 5.84. The summed E-state index contributed by atoms with van der Waals surface area (Å²) in [5, 5.41) is 3.21. The largest absolute Gasteiger partial charge is 0.468 e. The zero-order chi connectivity index (χ0) is 14.1. The van der Waals surface area contributed by atoms with Gasteiger partial charge in [-0.3, -0.25) is 4.79 Å². The monoisotopic (exact) mass is 271 g/mol. The second-order valence-electron chi connectivity index (χ2n) is 5.58. The molecule has 0 saturated heterocycles. The van der Waals surface area contributed by atoms with Crippen molar-refractivity contribution in [3.05, 3.63) is 0 Å². The van der Waals surface area contributed by atoms with Crippen LogP contribution in [0.1, 0.15) is 52.4 Å². The van der Waals surface area contributed by atoms with Crippen LogP contribution in [0.5, 0.6) is 0 Å². The molecule has 0 spiro atoms. The van der Waals surface area contributed by atoms with E-state index in [-0.39, 0.29) is 12.0 Å². The van der Waals surface area contributed by atoms with Gasteiger partial charge in [-0.1, -0.05) is 26.7 Å². The summed E-state index contributed by atoms with van der Waals surface area (Å²) in [5.74, 6) is 0.586. The second kappa shape index (κ2) is 9.32. The Morgan fingerprint density at radius 2 is 2.21 bits per heavy atom. The molecule has 3 unspecified atom stereocenters. The van der Waals surface area contributed by atoms with Crippen LogP contribution < -0.4 is 5.32 Å². The van der Waals surface area contributed by atoms with Gasteiger partial charge in [0.2, 0.25) is 0 Å². The smallest absolute Gasteiger partial charge is 0.322 e. The van der Waals surface area contributed by atoms with Gasteiger partial charge in [-0.2, -0.15) is 0 Å². The van der Waals surface area contributed by atoms with Crippen molar-refractivity contribution >= 4 is 5.97 Å². The molecule has 4 heteroatoms. The lowest BCUT2D eigenvalue weighted by Gasteiger charge is -2.27. The third-order valence-electron chi connectivity index (χ3n) is 3.77. The van der Waals surface area contributed by atoms with E-state index in [2.05, 4.69) is 19.2 Å². The summed E-state index contributed by atoms with van der Waals surface area (Å²) in [6, 6.07) is -0.231. The number of hydrogen-bond donors (Lipinski definition) is 1. The first-order valence-electron chi connectivity index (χ1n) is 7.60. The Bertz CT molecular complexity index is 258. The third kappa shape index (κ3) is 6.39. The van der Waals surface area contributed by atoms with Gasteiger partial charge in [0.05, 0.1) is 13.2 Å². The van der Waals surface area contributed by atoms with Crippen molar-refractivity contribution < 1.29 is 14.3 Å². The first kappa shape index (κ1) is 16.4. The molecular weight excluding hydrogens is 242 g/mol. The number of hydrogen-bond acceptors (Lipinski definition) is 4. The summed E-state index contributed by atoms with van der Waals surface area (Å²) in [6.07, 6.45) is 6.99. The van der Waals surface area contributed by atoms with Gasteiger partial charge in [0, 0.05) is 6.61 Å². The van der Waals surface area contributed by atoms with E-state index in [0.717, 1.165) is 31.7 Å².